The molecule has 1 aromatic rings. The molecule has 0 aliphatic rings. The number of phenols is 1. The molecule has 0 aliphatic heterocycles. The first-order chi connectivity index (χ1) is 17.1. The highest BCUT2D eigenvalue weighted by Crippen LogP contribution is 2.16. The van der Waals surface area contributed by atoms with Crippen molar-refractivity contribution in [1.29, 1.82) is 0 Å². The van der Waals surface area contributed by atoms with Crippen molar-refractivity contribution >= 4 is 23.6 Å². The van der Waals surface area contributed by atoms with Crippen LogP contribution in [0.1, 0.15) is 103 Å². The second kappa shape index (κ2) is 22.6. The molecule has 0 atom stereocenters. The van der Waals surface area contributed by atoms with Crippen molar-refractivity contribution in [1.82, 2.24) is 10.6 Å². The van der Waals surface area contributed by atoms with E-state index in [1.807, 2.05) is 11.8 Å². The summed E-state index contributed by atoms with van der Waals surface area (Å²) >= 11 is 1.85. The van der Waals surface area contributed by atoms with Crippen LogP contribution in [-0.4, -0.2) is 41.7 Å². The van der Waals surface area contributed by atoms with Crippen LogP contribution in [0, 0.1) is 0 Å². The number of benzene rings is 1. The maximum atomic E-state index is 11.9. The van der Waals surface area contributed by atoms with Gasteiger partial charge < -0.3 is 20.5 Å². The summed E-state index contributed by atoms with van der Waals surface area (Å²) in [4.78, 5) is 23.8. The van der Waals surface area contributed by atoms with Crippen molar-refractivity contribution in [2.24, 2.45) is 0 Å². The number of unbranched alkanes of at least 4 members (excludes halogenated alkanes) is 11. The summed E-state index contributed by atoms with van der Waals surface area (Å²) in [5.41, 5.74) is 0. The Balaban J connectivity index is 1.82. The van der Waals surface area contributed by atoms with Gasteiger partial charge >= 0.3 is 0 Å². The van der Waals surface area contributed by atoms with E-state index in [1.165, 1.54) is 64.2 Å². The van der Waals surface area contributed by atoms with Crippen LogP contribution in [0.15, 0.2) is 24.3 Å². The Morgan fingerprint density at radius 1 is 0.743 bits per heavy atom. The van der Waals surface area contributed by atoms with Gasteiger partial charge in [-0.15, -0.1) is 0 Å². The molecule has 200 valence electrons. The molecule has 1 aromatic carbocycles. The second-order valence-corrected chi connectivity index (χ2v) is 10.3. The third-order valence-corrected chi connectivity index (χ3v) is 6.91. The molecular formula is C28H48N2O4S. The molecule has 0 aromatic heterocycles. The van der Waals surface area contributed by atoms with Crippen molar-refractivity contribution in [2.75, 3.05) is 24.8 Å². The number of carbonyl (C=O) groups is 2. The van der Waals surface area contributed by atoms with Gasteiger partial charge in [0, 0.05) is 18.6 Å². The van der Waals surface area contributed by atoms with Crippen LogP contribution in [0.25, 0.3) is 0 Å². The summed E-state index contributed by atoms with van der Waals surface area (Å²) in [6.07, 6.45) is 17.0. The van der Waals surface area contributed by atoms with Gasteiger partial charge in [-0.25, -0.2) is 0 Å². The number of rotatable bonds is 23. The lowest BCUT2D eigenvalue weighted by Gasteiger charge is -2.08. The number of hydrogen-bond donors (Lipinski definition) is 3. The molecule has 0 radical (unpaired) electrons. The predicted molar refractivity (Wildman–Crippen MR) is 147 cm³/mol. The van der Waals surface area contributed by atoms with Crippen molar-refractivity contribution in [3.05, 3.63) is 24.3 Å². The van der Waals surface area contributed by atoms with Crippen LogP contribution in [0.4, 0.5) is 0 Å². The average molecular weight is 509 g/mol. The van der Waals surface area contributed by atoms with E-state index < -0.39 is 0 Å². The molecule has 0 aliphatic carbocycles. The van der Waals surface area contributed by atoms with E-state index in [9.17, 15) is 14.7 Å². The lowest BCUT2D eigenvalue weighted by Crippen LogP contribution is -2.37. The normalized spacial score (nSPS) is 10.8. The SMILES string of the molecule is CCCCCCCCCCCCSCCC(=O)NCNC(=O)CCCCCOc1ccc(O)cc1. The molecule has 2 amide bonds. The number of thioether (sulfide) groups is 1. The molecule has 0 fully saturated rings. The highest BCUT2D eigenvalue weighted by molar-refractivity contribution is 7.99. The molecule has 0 bridgehead atoms. The fourth-order valence-electron chi connectivity index (χ4n) is 3.67. The zero-order chi connectivity index (χ0) is 25.4. The van der Waals surface area contributed by atoms with Gasteiger partial charge in [-0.2, -0.15) is 11.8 Å². The van der Waals surface area contributed by atoms with Gasteiger partial charge in [-0.3, -0.25) is 9.59 Å². The summed E-state index contributed by atoms with van der Waals surface area (Å²) in [6, 6.07) is 6.65. The van der Waals surface area contributed by atoms with Gasteiger partial charge in [-0.1, -0.05) is 64.7 Å². The maximum absolute atomic E-state index is 11.9. The van der Waals surface area contributed by atoms with E-state index in [2.05, 4.69) is 17.6 Å². The Bertz CT molecular complexity index is 655. The number of amides is 2. The summed E-state index contributed by atoms with van der Waals surface area (Å²) in [5, 5.41) is 14.8. The van der Waals surface area contributed by atoms with Crippen LogP contribution >= 0.6 is 11.8 Å². The summed E-state index contributed by atoms with van der Waals surface area (Å²) < 4.78 is 5.59. The van der Waals surface area contributed by atoms with E-state index in [0.29, 0.717) is 19.4 Å². The Kier molecular flexibility index (Phi) is 20.1. The Labute approximate surface area is 217 Å². The van der Waals surface area contributed by atoms with Gasteiger partial charge in [-0.05, 0) is 55.7 Å². The minimum absolute atomic E-state index is 0.00717. The van der Waals surface area contributed by atoms with Crippen LogP contribution in [0.5, 0.6) is 11.5 Å². The highest BCUT2D eigenvalue weighted by Gasteiger charge is 2.04. The Morgan fingerprint density at radius 2 is 1.31 bits per heavy atom. The molecule has 3 N–H and O–H groups in total. The van der Waals surface area contributed by atoms with E-state index in [-0.39, 0.29) is 24.2 Å². The quantitative estimate of drug-likeness (QED) is 0.115. The van der Waals surface area contributed by atoms with Gasteiger partial charge in [0.05, 0.1) is 13.3 Å². The standard InChI is InChI=1S/C28H48N2O4S/c1-2-3-4-5-6-7-8-9-10-14-22-35-23-20-28(33)30-24-29-27(32)15-12-11-13-21-34-26-18-16-25(31)17-19-26/h16-19,31H,2-15,20-24H2,1H3,(H,29,32)(H,30,33). The van der Waals surface area contributed by atoms with Crippen molar-refractivity contribution in [2.45, 2.75) is 103 Å². The number of ether oxygens (including phenoxy) is 1. The summed E-state index contributed by atoms with van der Waals surface area (Å²) in [7, 11) is 0. The first kappa shape index (κ1) is 31.1. The highest BCUT2D eigenvalue weighted by atomic mass is 32.2. The lowest BCUT2D eigenvalue weighted by molar-refractivity contribution is -0.122. The third-order valence-electron chi connectivity index (χ3n) is 5.84. The summed E-state index contributed by atoms with van der Waals surface area (Å²) in [6.45, 7) is 3.04. The number of hydrogen-bond acceptors (Lipinski definition) is 5. The van der Waals surface area contributed by atoms with E-state index in [4.69, 9.17) is 4.74 Å². The van der Waals surface area contributed by atoms with Crippen LogP contribution < -0.4 is 15.4 Å². The zero-order valence-electron chi connectivity index (χ0n) is 21.8. The first-order valence-corrected chi connectivity index (χ1v) is 14.8. The van der Waals surface area contributed by atoms with Crippen LogP contribution in [0.3, 0.4) is 0 Å². The van der Waals surface area contributed by atoms with E-state index in [1.54, 1.807) is 24.3 Å². The van der Waals surface area contributed by atoms with Crippen LogP contribution in [0.2, 0.25) is 0 Å². The molecule has 1 rings (SSSR count). The largest absolute Gasteiger partial charge is 0.508 e. The van der Waals surface area contributed by atoms with Crippen LogP contribution in [-0.2, 0) is 9.59 Å². The smallest absolute Gasteiger partial charge is 0.222 e. The Hall–Kier alpha value is -1.89. The fraction of sp³-hybridized carbons (Fsp3) is 0.714. The molecular weight excluding hydrogens is 460 g/mol. The average Bonchev–Trinajstić information content (AvgIpc) is 2.85. The predicted octanol–water partition coefficient (Wildman–Crippen LogP) is 6.57. The molecule has 6 nitrogen and oxygen atoms in total. The zero-order valence-corrected chi connectivity index (χ0v) is 22.6. The number of aromatic hydroxyl groups is 1. The van der Waals surface area contributed by atoms with Crippen molar-refractivity contribution in [3.63, 3.8) is 0 Å². The van der Waals surface area contributed by atoms with Gasteiger partial charge in [0.1, 0.15) is 11.5 Å². The van der Waals surface area contributed by atoms with Gasteiger partial charge in [0.2, 0.25) is 11.8 Å². The Morgan fingerprint density at radius 3 is 1.97 bits per heavy atom. The molecule has 0 saturated carbocycles. The van der Waals surface area contributed by atoms with Crippen molar-refractivity contribution in [3.8, 4) is 11.5 Å². The van der Waals surface area contributed by atoms with Crippen molar-refractivity contribution < 1.29 is 19.4 Å². The van der Waals surface area contributed by atoms with Gasteiger partial charge in [0.15, 0.2) is 0 Å². The summed E-state index contributed by atoms with van der Waals surface area (Å²) in [5.74, 6) is 2.86. The van der Waals surface area contributed by atoms with Gasteiger partial charge in [0.25, 0.3) is 0 Å². The lowest BCUT2D eigenvalue weighted by atomic mass is 10.1. The molecule has 0 heterocycles. The minimum Gasteiger partial charge on any atom is -0.508 e. The van der Waals surface area contributed by atoms with E-state index >= 15 is 0 Å². The molecule has 0 unspecified atom stereocenters. The second-order valence-electron chi connectivity index (χ2n) is 9.07. The topological polar surface area (TPSA) is 87.7 Å². The number of nitrogens with one attached hydrogen (secondary N) is 2. The molecule has 0 saturated heterocycles. The fourth-order valence-corrected chi connectivity index (χ4v) is 4.62. The number of phenolic OH excluding ortho intramolecular Hbond substituents is 1. The molecule has 7 heteroatoms. The molecule has 35 heavy (non-hydrogen) atoms. The van der Waals surface area contributed by atoms with E-state index in [0.717, 1.165) is 36.5 Å². The third kappa shape index (κ3) is 20.0. The minimum atomic E-state index is -0.0416. The number of carbonyl (C=O) groups excluding carboxylic acids is 2. The monoisotopic (exact) mass is 508 g/mol. The maximum Gasteiger partial charge on any atom is 0.222 e. The first-order valence-electron chi connectivity index (χ1n) is 13.6. The molecule has 0 spiro atoms.